The van der Waals surface area contributed by atoms with Gasteiger partial charge in [0.1, 0.15) is 5.75 Å². The van der Waals surface area contributed by atoms with Gasteiger partial charge in [-0.15, -0.1) is 0 Å². The highest BCUT2D eigenvalue weighted by Crippen LogP contribution is 2.31. The average Bonchev–Trinajstić information content (AvgIpc) is 2.47. The number of nitrogen functional groups attached to an aromatic ring is 1. The lowest BCUT2D eigenvalue weighted by atomic mass is 10.2. The Morgan fingerprint density at radius 1 is 1.29 bits per heavy atom. The van der Waals surface area contributed by atoms with Gasteiger partial charge in [0.05, 0.1) is 12.3 Å². The number of nitrogens with zero attached hydrogens (tertiary/aromatic N) is 2. The quantitative estimate of drug-likeness (QED) is 0.644. The molecule has 0 spiro atoms. The third-order valence-electron chi connectivity index (χ3n) is 3.48. The summed E-state index contributed by atoms with van der Waals surface area (Å²) in [5.74, 6) is 0.261. The normalized spacial score (nSPS) is 15.8. The van der Waals surface area contributed by atoms with Crippen molar-refractivity contribution in [3.8, 4) is 5.75 Å². The van der Waals surface area contributed by atoms with E-state index in [-0.39, 0.29) is 12.6 Å². The minimum Gasteiger partial charge on any atom is -0.480 e. The van der Waals surface area contributed by atoms with Crippen LogP contribution in [0.15, 0.2) is 18.2 Å². The van der Waals surface area contributed by atoms with E-state index in [1.165, 1.54) is 0 Å². The summed E-state index contributed by atoms with van der Waals surface area (Å²) in [5, 5.41) is 0. The van der Waals surface area contributed by atoms with Crippen molar-refractivity contribution in [1.29, 1.82) is 0 Å². The maximum absolute atomic E-state index is 11.4. The smallest absolute Gasteiger partial charge is 0.344 e. The first kappa shape index (κ1) is 15.4. The van der Waals surface area contributed by atoms with Crippen molar-refractivity contribution in [3.05, 3.63) is 18.2 Å². The van der Waals surface area contributed by atoms with E-state index in [1.54, 1.807) is 13.0 Å². The Labute approximate surface area is 125 Å². The predicted molar refractivity (Wildman–Crippen MR) is 82.7 cm³/mol. The van der Waals surface area contributed by atoms with Crippen LogP contribution in [0.1, 0.15) is 6.92 Å². The summed E-state index contributed by atoms with van der Waals surface area (Å²) < 4.78 is 10.5. The van der Waals surface area contributed by atoms with Crippen molar-refractivity contribution in [3.63, 3.8) is 0 Å². The molecule has 1 aliphatic heterocycles. The van der Waals surface area contributed by atoms with E-state index < -0.39 is 0 Å². The van der Waals surface area contributed by atoms with Crippen molar-refractivity contribution in [2.24, 2.45) is 0 Å². The molecule has 0 radical (unpaired) electrons. The number of rotatable bonds is 5. The first-order valence-corrected chi connectivity index (χ1v) is 7.21. The van der Waals surface area contributed by atoms with E-state index in [2.05, 4.69) is 16.8 Å². The van der Waals surface area contributed by atoms with Gasteiger partial charge in [0.25, 0.3) is 0 Å². The number of hydrogen-bond donors (Lipinski definition) is 1. The Morgan fingerprint density at radius 3 is 2.67 bits per heavy atom. The molecule has 0 saturated carbocycles. The lowest BCUT2D eigenvalue weighted by Gasteiger charge is -2.34. The van der Waals surface area contributed by atoms with Crippen LogP contribution in [0.2, 0.25) is 0 Å². The molecule has 0 aliphatic carbocycles. The van der Waals surface area contributed by atoms with Crippen LogP contribution in [0.4, 0.5) is 11.4 Å². The maximum Gasteiger partial charge on any atom is 0.344 e. The van der Waals surface area contributed by atoms with Crippen LogP contribution in [-0.2, 0) is 9.53 Å². The highest BCUT2D eigenvalue weighted by atomic mass is 16.6. The Hall–Kier alpha value is -1.95. The van der Waals surface area contributed by atoms with Crippen LogP contribution in [0.3, 0.4) is 0 Å². The fraction of sp³-hybridized carbons (Fsp3) is 0.533. The van der Waals surface area contributed by atoms with Gasteiger partial charge in [-0.25, -0.2) is 4.79 Å². The van der Waals surface area contributed by atoms with Crippen molar-refractivity contribution < 1.29 is 14.3 Å². The highest BCUT2D eigenvalue weighted by molar-refractivity contribution is 5.72. The fourth-order valence-electron chi connectivity index (χ4n) is 2.29. The van der Waals surface area contributed by atoms with E-state index in [1.807, 2.05) is 12.1 Å². The summed E-state index contributed by atoms with van der Waals surface area (Å²) in [7, 11) is 2.11. The van der Waals surface area contributed by atoms with Crippen molar-refractivity contribution in [2.75, 3.05) is 57.1 Å². The predicted octanol–water partition coefficient (Wildman–Crippen LogP) is 0.963. The van der Waals surface area contributed by atoms with Crippen LogP contribution in [0.25, 0.3) is 0 Å². The monoisotopic (exact) mass is 293 g/mol. The van der Waals surface area contributed by atoms with Gasteiger partial charge in [-0.3, -0.25) is 0 Å². The van der Waals surface area contributed by atoms with Crippen LogP contribution in [0, 0.1) is 0 Å². The summed E-state index contributed by atoms with van der Waals surface area (Å²) in [6.45, 7) is 5.88. The molecule has 1 aromatic carbocycles. The molecule has 0 amide bonds. The van der Waals surface area contributed by atoms with Gasteiger partial charge in [-0.05, 0) is 26.1 Å². The lowest BCUT2D eigenvalue weighted by molar-refractivity contribution is -0.145. The van der Waals surface area contributed by atoms with Crippen LogP contribution in [-0.4, -0.2) is 57.3 Å². The second kappa shape index (κ2) is 7.17. The van der Waals surface area contributed by atoms with Crippen LogP contribution >= 0.6 is 0 Å². The zero-order chi connectivity index (χ0) is 15.2. The molecular formula is C15H23N3O3. The van der Waals surface area contributed by atoms with Gasteiger partial charge in [0.2, 0.25) is 0 Å². The number of nitrogens with two attached hydrogens (primary N) is 1. The number of likely N-dealkylation sites (N-methyl/N-ethyl adjacent to an activating group) is 1. The summed E-state index contributed by atoms with van der Waals surface area (Å²) in [6.07, 6.45) is 0. The molecule has 21 heavy (non-hydrogen) atoms. The number of anilines is 2. The standard InChI is InChI=1S/C15H23N3O3/c1-3-20-15(19)11-21-14-10-12(16)4-5-13(14)18-8-6-17(2)7-9-18/h4-5,10H,3,6-9,11,16H2,1-2H3. The zero-order valence-corrected chi connectivity index (χ0v) is 12.7. The fourth-order valence-corrected chi connectivity index (χ4v) is 2.29. The maximum atomic E-state index is 11.4. The number of carbonyl (C=O) groups is 1. The molecule has 0 bridgehead atoms. The molecule has 0 atom stereocenters. The van der Waals surface area contributed by atoms with Gasteiger partial charge >= 0.3 is 5.97 Å². The van der Waals surface area contributed by atoms with E-state index >= 15 is 0 Å². The molecule has 2 rings (SSSR count). The molecule has 6 heteroatoms. The minimum absolute atomic E-state index is 0.0992. The van der Waals surface area contributed by atoms with Gasteiger partial charge in [0.15, 0.2) is 6.61 Å². The van der Waals surface area contributed by atoms with Gasteiger partial charge < -0.3 is 25.0 Å². The van der Waals surface area contributed by atoms with Crippen molar-refractivity contribution in [2.45, 2.75) is 6.92 Å². The molecule has 1 heterocycles. The first-order valence-electron chi connectivity index (χ1n) is 7.21. The minimum atomic E-state index is -0.371. The topological polar surface area (TPSA) is 68.0 Å². The molecular weight excluding hydrogens is 270 g/mol. The first-order chi connectivity index (χ1) is 10.1. The van der Waals surface area contributed by atoms with Gasteiger partial charge in [0, 0.05) is 37.9 Å². The number of piperazine rings is 1. The zero-order valence-electron chi connectivity index (χ0n) is 12.7. The second-order valence-corrected chi connectivity index (χ2v) is 5.11. The number of hydrogen-bond acceptors (Lipinski definition) is 6. The number of carbonyl (C=O) groups excluding carboxylic acids is 1. The Morgan fingerprint density at radius 2 is 2.00 bits per heavy atom. The van der Waals surface area contributed by atoms with Gasteiger partial charge in [-0.1, -0.05) is 0 Å². The Balaban J connectivity index is 2.08. The summed E-state index contributed by atoms with van der Waals surface area (Å²) in [5.41, 5.74) is 7.41. The second-order valence-electron chi connectivity index (χ2n) is 5.11. The lowest BCUT2D eigenvalue weighted by Crippen LogP contribution is -2.44. The van der Waals surface area contributed by atoms with E-state index in [0.717, 1.165) is 31.9 Å². The van der Waals surface area contributed by atoms with Crippen molar-refractivity contribution in [1.82, 2.24) is 4.90 Å². The van der Waals surface area contributed by atoms with Crippen LogP contribution < -0.4 is 15.4 Å². The van der Waals surface area contributed by atoms with E-state index in [0.29, 0.717) is 18.0 Å². The highest BCUT2D eigenvalue weighted by Gasteiger charge is 2.18. The molecule has 1 aliphatic rings. The Kier molecular flexibility index (Phi) is 5.27. The molecule has 116 valence electrons. The summed E-state index contributed by atoms with van der Waals surface area (Å²) >= 11 is 0. The van der Waals surface area contributed by atoms with E-state index in [9.17, 15) is 4.79 Å². The number of ether oxygens (including phenoxy) is 2. The van der Waals surface area contributed by atoms with Gasteiger partial charge in [-0.2, -0.15) is 0 Å². The third kappa shape index (κ3) is 4.26. The largest absolute Gasteiger partial charge is 0.480 e. The number of esters is 1. The average molecular weight is 293 g/mol. The summed E-state index contributed by atoms with van der Waals surface area (Å²) in [4.78, 5) is 16.0. The molecule has 1 aromatic rings. The molecule has 0 unspecified atom stereocenters. The molecule has 1 saturated heterocycles. The van der Waals surface area contributed by atoms with Crippen LogP contribution in [0.5, 0.6) is 5.75 Å². The number of benzene rings is 1. The molecule has 0 aromatic heterocycles. The molecule has 1 fully saturated rings. The molecule has 6 nitrogen and oxygen atoms in total. The van der Waals surface area contributed by atoms with E-state index in [4.69, 9.17) is 15.2 Å². The molecule has 2 N–H and O–H groups in total. The van der Waals surface area contributed by atoms with Crippen molar-refractivity contribution >= 4 is 17.3 Å². The SMILES string of the molecule is CCOC(=O)COc1cc(N)ccc1N1CCN(C)CC1. The summed E-state index contributed by atoms with van der Waals surface area (Å²) in [6, 6.07) is 5.55. The Bertz CT molecular complexity index is 485. The third-order valence-corrected chi connectivity index (χ3v) is 3.48.